The van der Waals surface area contributed by atoms with E-state index in [2.05, 4.69) is 75.4 Å². The molecular weight excluding hydrogens is 412 g/mol. The first-order valence-corrected chi connectivity index (χ1v) is 14.3. The highest BCUT2D eigenvalue weighted by molar-refractivity contribution is 5.56. The molecule has 2 heteroatoms. The first-order valence-electron chi connectivity index (χ1n) is 14.3. The Hall–Kier alpha value is -1.41. The molecule has 34 heavy (non-hydrogen) atoms. The summed E-state index contributed by atoms with van der Waals surface area (Å²) in [6, 6.07) is 2.85. The van der Waals surface area contributed by atoms with E-state index in [0.29, 0.717) is 22.8 Å². The van der Waals surface area contributed by atoms with Crippen molar-refractivity contribution in [1.29, 1.82) is 0 Å². The molecule has 0 saturated heterocycles. The lowest BCUT2D eigenvalue weighted by molar-refractivity contribution is -0.0492. The molecule has 0 amide bonds. The number of hydrogen-bond acceptors (Lipinski definition) is 2. The second kappa shape index (κ2) is 8.05. The Kier molecular flexibility index (Phi) is 5.45. The molecule has 0 aromatic carbocycles. The molecule has 0 aliphatic heterocycles. The van der Waals surface area contributed by atoms with Gasteiger partial charge in [0.05, 0.1) is 0 Å². The topological polar surface area (TPSA) is 24.9 Å². The second-order valence-corrected chi connectivity index (χ2v) is 14.1. The Morgan fingerprint density at radius 1 is 0.971 bits per heavy atom. The first kappa shape index (κ1) is 23.0. The maximum Gasteiger partial charge on any atom is 0.0306 e. The summed E-state index contributed by atoms with van der Waals surface area (Å²) in [6.07, 6.45) is 24.1. The fourth-order valence-corrected chi connectivity index (χ4v) is 9.74. The molecule has 6 rings (SSSR count). The summed E-state index contributed by atoms with van der Waals surface area (Å²) < 4.78 is 0. The van der Waals surface area contributed by atoms with Gasteiger partial charge in [-0.25, -0.2) is 0 Å². The third kappa shape index (κ3) is 3.66. The van der Waals surface area contributed by atoms with Gasteiger partial charge >= 0.3 is 0 Å². The smallest absolute Gasteiger partial charge is 0.0306 e. The zero-order chi connectivity index (χ0) is 23.7. The minimum atomic E-state index is 0.214. The van der Waals surface area contributed by atoms with Gasteiger partial charge in [0, 0.05) is 24.0 Å². The number of fused-ring (bicyclic) bond motifs is 6. The zero-order valence-corrected chi connectivity index (χ0v) is 22.2. The van der Waals surface area contributed by atoms with E-state index in [-0.39, 0.29) is 5.54 Å². The van der Waals surface area contributed by atoms with Crippen LogP contribution in [-0.4, -0.2) is 16.6 Å². The van der Waals surface area contributed by atoms with E-state index in [1.165, 1.54) is 68.9 Å². The van der Waals surface area contributed by atoms with Crippen LogP contribution in [0.3, 0.4) is 0 Å². The quantitative estimate of drug-likeness (QED) is 0.461. The molecule has 1 aromatic rings. The van der Waals surface area contributed by atoms with Crippen LogP contribution >= 0.6 is 0 Å². The molecule has 5 aliphatic carbocycles. The van der Waals surface area contributed by atoms with Crippen molar-refractivity contribution in [2.24, 2.45) is 40.4 Å². The number of pyridine rings is 1. The average Bonchev–Trinajstić information content (AvgIpc) is 3.15. The molecule has 0 radical (unpaired) electrons. The minimum absolute atomic E-state index is 0.214. The third-order valence-corrected chi connectivity index (χ3v) is 11.3. The lowest BCUT2D eigenvalue weighted by Gasteiger charge is -2.59. The Balaban J connectivity index is 1.22. The predicted octanol–water partition coefficient (Wildman–Crippen LogP) is 7.60. The fourth-order valence-electron chi connectivity index (χ4n) is 9.74. The molecule has 5 aliphatic rings. The molecule has 3 fully saturated rings. The molecule has 1 N–H and O–H groups in total. The first-order chi connectivity index (χ1) is 16.2. The lowest BCUT2D eigenvalue weighted by atomic mass is 9.46. The van der Waals surface area contributed by atoms with Crippen LogP contribution in [0.25, 0.3) is 6.08 Å². The van der Waals surface area contributed by atoms with Crippen molar-refractivity contribution in [2.75, 3.05) is 0 Å². The van der Waals surface area contributed by atoms with Gasteiger partial charge in [-0.2, -0.15) is 0 Å². The predicted molar refractivity (Wildman–Crippen MR) is 142 cm³/mol. The van der Waals surface area contributed by atoms with E-state index in [1.807, 2.05) is 6.20 Å². The molecule has 0 bridgehead atoms. The summed E-state index contributed by atoms with van der Waals surface area (Å²) in [5.74, 6) is 4.28. The number of allylic oxidation sites excluding steroid dienone is 2. The van der Waals surface area contributed by atoms with Crippen molar-refractivity contribution in [3.05, 3.63) is 47.3 Å². The van der Waals surface area contributed by atoms with E-state index < -0.39 is 0 Å². The number of hydrogen-bond donors (Lipinski definition) is 1. The van der Waals surface area contributed by atoms with Crippen molar-refractivity contribution >= 4 is 6.08 Å². The fraction of sp³-hybridized carbons (Fsp3) is 0.719. The Labute approximate surface area is 208 Å². The van der Waals surface area contributed by atoms with Gasteiger partial charge in [0.1, 0.15) is 0 Å². The maximum atomic E-state index is 4.44. The normalized spacial score (nSPS) is 43.4. The Morgan fingerprint density at radius 3 is 2.62 bits per heavy atom. The third-order valence-electron chi connectivity index (χ3n) is 11.3. The van der Waals surface area contributed by atoms with Gasteiger partial charge in [0.25, 0.3) is 0 Å². The maximum absolute atomic E-state index is 4.44. The minimum Gasteiger partial charge on any atom is -0.309 e. The van der Waals surface area contributed by atoms with Crippen molar-refractivity contribution in [1.82, 2.24) is 10.3 Å². The van der Waals surface area contributed by atoms with Crippen LogP contribution in [0.15, 0.2) is 36.2 Å². The highest BCUT2D eigenvalue weighted by Gasteiger charge is 2.59. The van der Waals surface area contributed by atoms with Gasteiger partial charge in [-0.1, -0.05) is 37.6 Å². The molecule has 1 unspecified atom stereocenters. The van der Waals surface area contributed by atoms with Crippen LogP contribution in [-0.2, 0) is 6.42 Å². The van der Waals surface area contributed by atoms with Gasteiger partial charge in [-0.15, -0.1) is 0 Å². The van der Waals surface area contributed by atoms with E-state index >= 15 is 0 Å². The summed E-state index contributed by atoms with van der Waals surface area (Å²) in [4.78, 5) is 4.44. The van der Waals surface area contributed by atoms with Gasteiger partial charge in [0.2, 0.25) is 0 Å². The number of nitrogens with zero attached hydrogens (tertiary/aromatic N) is 1. The standard InChI is InChI=1S/C32H46N2/c1-30(2,3)34-25-12-15-31(4)24(19-25)8-9-26-28-11-10-27(32(28,5)16-13-29(26)31)22-7-6-21-14-17-33-20-23(21)18-22/h6-8,14,17,20,22,25-29,34H,9-13,15-16,18-19H2,1-5H3/t22?,25-,26-,27+,28-,29-,31-,32+/m0/s1. The van der Waals surface area contributed by atoms with Gasteiger partial charge in [0.15, 0.2) is 0 Å². The van der Waals surface area contributed by atoms with Crippen molar-refractivity contribution in [3.63, 3.8) is 0 Å². The molecular formula is C32H46N2. The molecule has 2 nitrogen and oxygen atoms in total. The van der Waals surface area contributed by atoms with Crippen LogP contribution in [0.5, 0.6) is 0 Å². The Bertz CT molecular complexity index is 999. The van der Waals surface area contributed by atoms with Gasteiger partial charge in [-0.3, -0.25) is 4.98 Å². The van der Waals surface area contributed by atoms with E-state index in [0.717, 1.165) is 23.7 Å². The summed E-state index contributed by atoms with van der Waals surface area (Å²) in [7, 11) is 0. The van der Waals surface area contributed by atoms with Crippen LogP contribution in [0, 0.1) is 40.4 Å². The van der Waals surface area contributed by atoms with Crippen LogP contribution in [0.2, 0.25) is 0 Å². The highest BCUT2D eigenvalue weighted by Crippen LogP contribution is 2.67. The van der Waals surface area contributed by atoms with Crippen LogP contribution in [0.1, 0.15) is 97.1 Å². The lowest BCUT2D eigenvalue weighted by Crippen LogP contribution is -2.53. The van der Waals surface area contributed by atoms with Gasteiger partial charge < -0.3 is 5.32 Å². The second-order valence-electron chi connectivity index (χ2n) is 14.1. The average molecular weight is 459 g/mol. The highest BCUT2D eigenvalue weighted by atomic mass is 15.0. The SMILES string of the molecule is CC(C)(C)N[C@H]1CC[C@@]2(C)C(=CC[C@H]3[C@@H]4CC[C@H](C5C=Cc6ccncc6C5)[C@@]4(C)CC[C@@H]32)C1. The van der Waals surface area contributed by atoms with Crippen LogP contribution < -0.4 is 5.32 Å². The summed E-state index contributed by atoms with van der Waals surface area (Å²) in [5.41, 5.74) is 5.85. The Morgan fingerprint density at radius 2 is 1.79 bits per heavy atom. The molecule has 3 saturated carbocycles. The molecule has 1 heterocycles. The summed E-state index contributed by atoms with van der Waals surface area (Å²) >= 11 is 0. The van der Waals surface area contributed by atoms with Gasteiger partial charge in [-0.05, 0) is 136 Å². The van der Waals surface area contributed by atoms with Crippen molar-refractivity contribution in [2.45, 2.75) is 104 Å². The molecule has 1 aromatic heterocycles. The monoisotopic (exact) mass is 458 g/mol. The van der Waals surface area contributed by atoms with E-state index in [9.17, 15) is 0 Å². The van der Waals surface area contributed by atoms with Crippen molar-refractivity contribution in [3.8, 4) is 0 Å². The van der Waals surface area contributed by atoms with E-state index in [4.69, 9.17) is 0 Å². The number of rotatable bonds is 2. The largest absolute Gasteiger partial charge is 0.309 e. The zero-order valence-electron chi connectivity index (χ0n) is 22.2. The number of aromatic nitrogens is 1. The molecule has 0 spiro atoms. The van der Waals surface area contributed by atoms with Crippen LogP contribution in [0.4, 0.5) is 0 Å². The molecule has 184 valence electrons. The molecule has 8 atom stereocenters. The van der Waals surface area contributed by atoms with Crippen molar-refractivity contribution < 1.29 is 0 Å². The summed E-state index contributed by atoms with van der Waals surface area (Å²) in [6.45, 7) is 12.3. The van der Waals surface area contributed by atoms with E-state index in [1.54, 1.807) is 5.57 Å². The number of nitrogens with one attached hydrogen (secondary N) is 1. The summed E-state index contributed by atoms with van der Waals surface area (Å²) in [5, 5.41) is 3.92.